The number of piperazine rings is 1. The largest absolute Gasteiger partial charge is 0.462 e. The van der Waals surface area contributed by atoms with Crippen molar-refractivity contribution < 1.29 is 18.7 Å². The van der Waals surface area contributed by atoms with Crippen LogP contribution in [-0.2, 0) is 14.3 Å². The summed E-state index contributed by atoms with van der Waals surface area (Å²) in [5.41, 5.74) is 1.18. The average molecular weight is 429 g/mol. The van der Waals surface area contributed by atoms with Crippen molar-refractivity contribution in [3.05, 3.63) is 30.1 Å². The first-order chi connectivity index (χ1) is 14.9. The van der Waals surface area contributed by atoms with E-state index in [-0.39, 0.29) is 46.8 Å². The van der Waals surface area contributed by atoms with Crippen LogP contribution >= 0.6 is 0 Å². The van der Waals surface area contributed by atoms with Gasteiger partial charge in [0, 0.05) is 49.7 Å². The molecule has 0 amide bonds. The fourth-order valence-electron chi connectivity index (χ4n) is 7.56. The van der Waals surface area contributed by atoms with Gasteiger partial charge in [-0.1, -0.05) is 20.3 Å². The quantitative estimate of drug-likeness (QED) is 0.545. The van der Waals surface area contributed by atoms with Gasteiger partial charge in [-0.15, -0.1) is 0 Å². The molecular formula is C25H33FN2O3. The topological polar surface area (TPSA) is 45.3 Å². The summed E-state index contributed by atoms with van der Waals surface area (Å²) in [6.07, 6.45) is 4.83. The molecule has 7 atom stereocenters. The van der Waals surface area contributed by atoms with Crippen LogP contribution < -0.4 is 4.90 Å². The maximum Gasteiger partial charge on any atom is 0.311 e. The predicted octanol–water partition coefficient (Wildman–Crippen LogP) is 3.47. The molecule has 1 aromatic carbocycles. The number of halogens is 1. The lowest BCUT2D eigenvalue weighted by Gasteiger charge is -2.49. The lowest BCUT2D eigenvalue weighted by molar-refractivity contribution is -0.146. The van der Waals surface area contributed by atoms with Crippen molar-refractivity contribution in [2.24, 2.45) is 23.2 Å². The van der Waals surface area contributed by atoms with Crippen LogP contribution in [0.1, 0.15) is 39.5 Å². The predicted molar refractivity (Wildman–Crippen MR) is 115 cm³/mol. The van der Waals surface area contributed by atoms with E-state index in [1.807, 2.05) is 12.1 Å². The number of benzene rings is 1. The Balaban J connectivity index is 1.14. The molecule has 168 valence electrons. The van der Waals surface area contributed by atoms with Gasteiger partial charge in [-0.2, -0.15) is 0 Å². The van der Waals surface area contributed by atoms with Gasteiger partial charge in [0.15, 0.2) is 0 Å². The highest BCUT2D eigenvalue weighted by molar-refractivity contribution is 5.76. The third kappa shape index (κ3) is 2.90. The van der Waals surface area contributed by atoms with Crippen LogP contribution in [0.15, 0.2) is 24.3 Å². The molecule has 0 unspecified atom stereocenters. The van der Waals surface area contributed by atoms with E-state index in [4.69, 9.17) is 9.47 Å². The average Bonchev–Trinajstić information content (AvgIpc) is 3.44. The second kappa shape index (κ2) is 6.92. The number of nitrogens with zero attached hydrogens (tertiary/aromatic N) is 2. The fraction of sp³-hybridized carbons (Fsp3) is 0.720. The van der Waals surface area contributed by atoms with E-state index in [1.54, 1.807) is 0 Å². The molecule has 2 aliphatic carbocycles. The summed E-state index contributed by atoms with van der Waals surface area (Å²) in [7, 11) is 0. The van der Waals surface area contributed by atoms with Crippen molar-refractivity contribution in [3.63, 3.8) is 0 Å². The number of hydrogen-bond acceptors (Lipinski definition) is 5. The Bertz CT molecular complexity index is 870. The van der Waals surface area contributed by atoms with Crippen molar-refractivity contribution >= 4 is 11.7 Å². The normalized spacial score (nSPS) is 44.3. The molecular weight excluding hydrogens is 395 g/mol. The minimum Gasteiger partial charge on any atom is -0.462 e. The third-order valence-corrected chi connectivity index (χ3v) is 9.21. The van der Waals surface area contributed by atoms with Crippen LogP contribution in [0.5, 0.6) is 0 Å². The lowest BCUT2D eigenvalue weighted by atomic mass is 9.53. The van der Waals surface area contributed by atoms with E-state index >= 15 is 0 Å². The number of fused-ring (bicyclic) bond motifs is 2. The standard InChI is InChI=1S/C25H33FN2O3/c1-16-4-3-9-24(2)14-20-21(22-25(16,24)31-22)19(23(29)30-20)15-27-10-12-28(13-11-27)18-7-5-17(26)6-8-18/h5-8,16,19-22H,3-4,9-15H2,1-2H3/t16-,19-,20+,21+,22-,24+,25-/m0/s1. The van der Waals surface area contributed by atoms with Gasteiger partial charge in [-0.05, 0) is 49.4 Å². The summed E-state index contributed by atoms with van der Waals surface area (Å²) in [5.74, 6) is 0.471. The second-order valence-electron chi connectivity index (χ2n) is 10.8. The first kappa shape index (κ1) is 20.0. The Morgan fingerprint density at radius 1 is 1.16 bits per heavy atom. The molecule has 3 saturated heterocycles. The number of esters is 1. The number of carbonyl (C=O) groups is 1. The second-order valence-corrected chi connectivity index (χ2v) is 10.8. The van der Waals surface area contributed by atoms with Gasteiger partial charge in [-0.25, -0.2) is 4.39 Å². The lowest BCUT2D eigenvalue weighted by Crippen LogP contribution is -2.55. The van der Waals surface area contributed by atoms with Crippen molar-refractivity contribution in [1.82, 2.24) is 4.90 Å². The molecule has 1 aromatic rings. The van der Waals surface area contributed by atoms with Crippen LogP contribution in [0, 0.1) is 29.0 Å². The number of rotatable bonds is 3. The SMILES string of the molecule is C[C@H]1CCC[C@]2(C)C[C@H]3OC(=O)[C@@H](CN4CCN(c5ccc(F)cc5)CC4)[C@H]3[C@@H]3O[C@@]132. The van der Waals surface area contributed by atoms with Crippen molar-refractivity contribution in [2.75, 3.05) is 37.6 Å². The Kier molecular flexibility index (Phi) is 4.46. The monoisotopic (exact) mass is 428 g/mol. The van der Waals surface area contributed by atoms with Crippen molar-refractivity contribution in [1.29, 1.82) is 0 Å². The Morgan fingerprint density at radius 3 is 2.65 bits per heavy atom. The zero-order valence-electron chi connectivity index (χ0n) is 18.6. The molecule has 6 heteroatoms. The van der Waals surface area contributed by atoms with Gasteiger partial charge < -0.3 is 14.4 Å². The van der Waals surface area contributed by atoms with E-state index in [2.05, 4.69) is 23.6 Å². The highest BCUT2D eigenvalue weighted by atomic mass is 19.1. The summed E-state index contributed by atoms with van der Waals surface area (Å²) in [5, 5.41) is 0. The summed E-state index contributed by atoms with van der Waals surface area (Å²) >= 11 is 0. The molecule has 31 heavy (non-hydrogen) atoms. The molecule has 0 N–H and O–H groups in total. The zero-order valence-corrected chi connectivity index (χ0v) is 18.6. The minimum atomic E-state index is -0.201. The van der Waals surface area contributed by atoms with Crippen LogP contribution in [0.3, 0.4) is 0 Å². The van der Waals surface area contributed by atoms with Crippen molar-refractivity contribution in [2.45, 2.75) is 57.3 Å². The molecule has 0 bridgehead atoms. The molecule has 5 aliphatic rings. The Hall–Kier alpha value is -1.66. The summed E-state index contributed by atoms with van der Waals surface area (Å²) in [6, 6.07) is 6.73. The first-order valence-electron chi connectivity index (χ1n) is 12.0. The third-order valence-electron chi connectivity index (χ3n) is 9.21. The van der Waals surface area contributed by atoms with E-state index in [1.165, 1.54) is 31.4 Å². The maximum atomic E-state index is 13.2. The Morgan fingerprint density at radius 2 is 1.90 bits per heavy atom. The molecule has 6 rings (SSSR count). The number of epoxide rings is 1. The summed E-state index contributed by atoms with van der Waals surface area (Å²) in [4.78, 5) is 17.6. The molecule has 0 radical (unpaired) electrons. The summed E-state index contributed by atoms with van der Waals surface area (Å²) in [6.45, 7) is 9.07. The van der Waals surface area contributed by atoms with Gasteiger partial charge in [0.1, 0.15) is 17.5 Å². The number of ether oxygens (including phenoxy) is 2. The minimum absolute atomic E-state index is 0.0171. The Labute approximate surface area is 183 Å². The van der Waals surface area contributed by atoms with Crippen LogP contribution in [0.25, 0.3) is 0 Å². The molecule has 3 aliphatic heterocycles. The highest BCUT2D eigenvalue weighted by Crippen LogP contribution is 2.70. The molecule has 3 heterocycles. The molecule has 1 spiro atoms. The van der Waals surface area contributed by atoms with Gasteiger partial charge in [0.2, 0.25) is 0 Å². The smallest absolute Gasteiger partial charge is 0.311 e. The van der Waals surface area contributed by atoms with Crippen LogP contribution in [0.4, 0.5) is 10.1 Å². The van der Waals surface area contributed by atoms with Crippen LogP contribution in [-0.4, -0.2) is 61.4 Å². The van der Waals surface area contributed by atoms with E-state index in [9.17, 15) is 9.18 Å². The zero-order chi connectivity index (χ0) is 21.4. The van der Waals surface area contributed by atoms with Gasteiger partial charge in [0.25, 0.3) is 0 Å². The number of carbonyl (C=O) groups excluding carboxylic acids is 1. The van der Waals surface area contributed by atoms with E-state index in [0.29, 0.717) is 5.92 Å². The van der Waals surface area contributed by atoms with Crippen molar-refractivity contribution in [3.8, 4) is 0 Å². The first-order valence-corrected chi connectivity index (χ1v) is 12.0. The van der Waals surface area contributed by atoms with Gasteiger partial charge in [0.05, 0.1) is 12.0 Å². The summed E-state index contributed by atoms with van der Waals surface area (Å²) < 4.78 is 25.8. The van der Waals surface area contributed by atoms with Crippen LogP contribution in [0.2, 0.25) is 0 Å². The van der Waals surface area contributed by atoms with E-state index < -0.39 is 0 Å². The van der Waals surface area contributed by atoms with Gasteiger partial charge in [-0.3, -0.25) is 9.69 Å². The molecule has 2 saturated carbocycles. The number of hydrogen-bond donors (Lipinski definition) is 0. The number of anilines is 1. The fourth-order valence-corrected chi connectivity index (χ4v) is 7.56. The molecule has 0 aromatic heterocycles. The highest BCUT2D eigenvalue weighted by Gasteiger charge is 2.78. The molecule has 5 fully saturated rings. The maximum absolute atomic E-state index is 13.2. The molecule has 5 nitrogen and oxygen atoms in total. The van der Waals surface area contributed by atoms with Gasteiger partial charge >= 0.3 is 5.97 Å². The van der Waals surface area contributed by atoms with E-state index in [0.717, 1.165) is 44.8 Å².